The fourth-order valence-corrected chi connectivity index (χ4v) is 1.98. The molecule has 0 aliphatic carbocycles. The summed E-state index contributed by atoms with van der Waals surface area (Å²) in [7, 11) is 0. The van der Waals surface area contributed by atoms with Crippen molar-refractivity contribution in [3.63, 3.8) is 0 Å². The summed E-state index contributed by atoms with van der Waals surface area (Å²) in [5.74, 6) is 1.94. The Morgan fingerprint density at radius 2 is 2.31 bits per heavy atom. The fourth-order valence-electron chi connectivity index (χ4n) is 1.36. The van der Waals surface area contributed by atoms with Gasteiger partial charge in [-0.3, -0.25) is 0 Å². The molecule has 0 heterocycles. The largest absolute Gasteiger partial charge is 0.312 e. The zero-order valence-electron chi connectivity index (χ0n) is 9.63. The lowest BCUT2D eigenvalue weighted by molar-refractivity contribution is 0.616. The summed E-state index contributed by atoms with van der Waals surface area (Å²) in [6.45, 7) is 7.23. The first-order valence-corrected chi connectivity index (χ1v) is 6.54. The van der Waals surface area contributed by atoms with Gasteiger partial charge >= 0.3 is 0 Å². The zero-order valence-corrected chi connectivity index (χ0v) is 10.4. The van der Waals surface area contributed by atoms with Gasteiger partial charge in [0.05, 0.1) is 0 Å². The van der Waals surface area contributed by atoms with E-state index in [2.05, 4.69) is 11.9 Å². The maximum absolute atomic E-state index is 13.0. The van der Waals surface area contributed by atoms with Crippen LogP contribution in [0.15, 0.2) is 30.9 Å². The van der Waals surface area contributed by atoms with E-state index in [-0.39, 0.29) is 5.82 Å². The van der Waals surface area contributed by atoms with E-state index in [0.717, 1.165) is 30.2 Å². The number of benzene rings is 1. The van der Waals surface area contributed by atoms with Crippen molar-refractivity contribution >= 4 is 11.8 Å². The third-order valence-electron chi connectivity index (χ3n) is 2.21. The lowest BCUT2D eigenvalue weighted by Crippen LogP contribution is -2.16. The molecule has 0 aliphatic heterocycles. The van der Waals surface area contributed by atoms with Gasteiger partial charge in [0.15, 0.2) is 0 Å². The van der Waals surface area contributed by atoms with Crippen molar-refractivity contribution in [2.24, 2.45) is 0 Å². The van der Waals surface area contributed by atoms with Gasteiger partial charge in [0, 0.05) is 24.6 Å². The molecule has 0 bridgehead atoms. The first-order valence-electron chi connectivity index (χ1n) is 5.38. The third-order valence-corrected chi connectivity index (χ3v) is 3.17. The molecule has 0 amide bonds. The fraction of sp³-hybridized carbons (Fsp3) is 0.385. The van der Waals surface area contributed by atoms with E-state index in [1.165, 1.54) is 6.07 Å². The van der Waals surface area contributed by atoms with E-state index >= 15 is 0 Å². The van der Waals surface area contributed by atoms with Crippen LogP contribution in [0.2, 0.25) is 0 Å². The van der Waals surface area contributed by atoms with Gasteiger partial charge in [-0.1, -0.05) is 18.2 Å². The van der Waals surface area contributed by atoms with Crippen LogP contribution in [0.4, 0.5) is 4.39 Å². The summed E-state index contributed by atoms with van der Waals surface area (Å²) >= 11 is 1.85. The minimum Gasteiger partial charge on any atom is -0.312 e. The summed E-state index contributed by atoms with van der Waals surface area (Å²) in [5.41, 5.74) is 1.84. The highest BCUT2D eigenvalue weighted by atomic mass is 32.2. The maximum Gasteiger partial charge on any atom is 0.126 e. The highest BCUT2D eigenvalue weighted by molar-refractivity contribution is 7.99. The van der Waals surface area contributed by atoms with Crippen LogP contribution >= 0.6 is 11.8 Å². The Bertz CT molecular complexity index is 339. The number of halogens is 1. The molecule has 0 atom stereocenters. The molecule has 1 nitrogen and oxygen atoms in total. The average Bonchev–Trinajstić information content (AvgIpc) is 2.28. The predicted molar refractivity (Wildman–Crippen MR) is 70.4 cm³/mol. The molecule has 1 rings (SSSR count). The van der Waals surface area contributed by atoms with Crippen LogP contribution in [-0.4, -0.2) is 18.1 Å². The highest BCUT2D eigenvalue weighted by Gasteiger charge is 1.98. The van der Waals surface area contributed by atoms with Crippen LogP contribution in [0.1, 0.15) is 11.1 Å². The van der Waals surface area contributed by atoms with Gasteiger partial charge < -0.3 is 5.32 Å². The van der Waals surface area contributed by atoms with Crippen molar-refractivity contribution in [2.45, 2.75) is 13.5 Å². The summed E-state index contributed by atoms with van der Waals surface area (Å²) in [6, 6.07) is 5.24. The molecule has 0 saturated heterocycles. The summed E-state index contributed by atoms with van der Waals surface area (Å²) < 4.78 is 13.0. The van der Waals surface area contributed by atoms with Crippen molar-refractivity contribution in [3.05, 3.63) is 47.8 Å². The second-order valence-corrected chi connectivity index (χ2v) is 4.77. The highest BCUT2D eigenvalue weighted by Crippen LogP contribution is 2.08. The van der Waals surface area contributed by atoms with E-state index in [4.69, 9.17) is 0 Å². The standard InChI is InChI=1S/C13H18FNS/c1-3-7-16-8-6-15-10-12-4-5-13(14)11(2)9-12/h3-5,9,15H,1,6-8,10H2,2H3. The van der Waals surface area contributed by atoms with Crippen LogP contribution in [0.3, 0.4) is 0 Å². The van der Waals surface area contributed by atoms with E-state index in [1.807, 2.05) is 30.0 Å². The van der Waals surface area contributed by atoms with Gasteiger partial charge in [-0.25, -0.2) is 4.39 Å². The van der Waals surface area contributed by atoms with E-state index < -0.39 is 0 Å². The van der Waals surface area contributed by atoms with E-state index in [0.29, 0.717) is 5.56 Å². The molecule has 0 aliphatic rings. The molecule has 1 N–H and O–H groups in total. The molecule has 1 aromatic carbocycles. The van der Waals surface area contributed by atoms with Gasteiger partial charge in [-0.05, 0) is 24.1 Å². The van der Waals surface area contributed by atoms with Gasteiger partial charge in [-0.15, -0.1) is 6.58 Å². The Kier molecular flexibility index (Phi) is 6.19. The first-order chi connectivity index (χ1) is 7.74. The monoisotopic (exact) mass is 239 g/mol. The molecule has 0 unspecified atom stereocenters. The Labute approximate surface area is 101 Å². The molecule has 0 fully saturated rings. The average molecular weight is 239 g/mol. The number of hydrogen-bond donors (Lipinski definition) is 1. The van der Waals surface area contributed by atoms with Gasteiger partial charge in [-0.2, -0.15) is 11.8 Å². The van der Waals surface area contributed by atoms with Crippen LogP contribution in [0.5, 0.6) is 0 Å². The smallest absolute Gasteiger partial charge is 0.126 e. The molecule has 0 radical (unpaired) electrons. The summed E-state index contributed by atoms with van der Waals surface area (Å²) in [6.07, 6.45) is 1.91. The first kappa shape index (κ1) is 13.3. The van der Waals surface area contributed by atoms with Gasteiger partial charge in [0.1, 0.15) is 5.82 Å². The molecule has 0 spiro atoms. The molecular formula is C13H18FNS. The topological polar surface area (TPSA) is 12.0 Å². The van der Waals surface area contributed by atoms with Crippen LogP contribution < -0.4 is 5.32 Å². The van der Waals surface area contributed by atoms with Gasteiger partial charge in [0.25, 0.3) is 0 Å². The number of nitrogens with one attached hydrogen (secondary N) is 1. The molecule has 3 heteroatoms. The van der Waals surface area contributed by atoms with Crippen molar-refractivity contribution in [2.75, 3.05) is 18.1 Å². The van der Waals surface area contributed by atoms with Crippen LogP contribution in [-0.2, 0) is 6.54 Å². The number of rotatable bonds is 7. The Morgan fingerprint density at radius 3 is 3.00 bits per heavy atom. The van der Waals surface area contributed by atoms with E-state index in [9.17, 15) is 4.39 Å². The predicted octanol–water partition coefficient (Wildman–Crippen LogP) is 3.14. The minimum atomic E-state index is -0.134. The van der Waals surface area contributed by atoms with E-state index in [1.54, 1.807) is 6.92 Å². The molecule has 88 valence electrons. The van der Waals surface area contributed by atoms with Crippen molar-refractivity contribution < 1.29 is 4.39 Å². The number of hydrogen-bond acceptors (Lipinski definition) is 2. The molecule has 0 aromatic heterocycles. The second kappa shape index (κ2) is 7.47. The Morgan fingerprint density at radius 1 is 1.50 bits per heavy atom. The summed E-state index contributed by atoms with van der Waals surface area (Å²) in [5, 5.41) is 3.33. The SMILES string of the molecule is C=CCSCCNCc1ccc(F)c(C)c1. The molecule has 1 aromatic rings. The normalized spacial score (nSPS) is 10.4. The summed E-state index contributed by atoms with van der Waals surface area (Å²) in [4.78, 5) is 0. The number of thioether (sulfide) groups is 1. The third kappa shape index (κ3) is 4.81. The molecular weight excluding hydrogens is 221 g/mol. The molecule has 16 heavy (non-hydrogen) atoms. The Hall–Kier alpha value is -0.800. The van der Waals surface area contributed by atoms with Crippen LogP contribution in [0.25, 0.3) is 0 Å². The van der Waals surface area contributed by atoms with Crippen molar-refractivity contribution in [1.82, 2.24) is 5.32 Å². The minimum absolute atomic E-state index is 0.134. The van der Waals surface area contributed by atoms with Gasteiger partial charge in [0.2, 0.25) is 0 Å². The lowest BCUT2D eigenvalue weighted by Gasteiger charge is -2.05. The van der Waals surface area contributed by atoms with Crippen molar-refractivity contribution in [3.8, 4) is 0 Å². The Balaban J connectivity index is 2.21. The van der Waals surface area contributed by atoms with Crippen LogP contribution in [0, 0.1) is 12.7 Å². The molecule has 0 saturated carbocycles. The second-order valence-electron chi connectivity index (χ2n) is 3.62. The quantitative estimate of drug-likeness (QED) is 0.579. The zero-order chi connectivity index (χ0) is 11.8. The lowest BCUT2D eigenvalue weighted by atomic mass is 10.1. The van der Waals surface area contributed by atoms with Crippen molar-refractivity contribution in [1.29, 1.82) is 0 Å². The number of aryl methyl sites for hydroxylation is 1. The maximum atomic E-state index is 13.0.